The third-order valence-electron chi connectivity index (χ3n) is 5.91. The molecule has 0 bridgehead atoms. The molecule has 6 nitrogen and oxygen atoms in total. The number of likely N-dealkylation sites (tertiary alicyclic amines) is 1. The second kappa shape index (κ2) is 9.22. The van der Waals surface area contributed by atoms with E-state index < -0.39 is 6.04 Å². The number of carbonyl (C=O) groups is 2. The number of hydrogen-bond donors (Lipinski definition) is 2. The van der Waals surface area contributed by atoms with E-state index in [1.54, 1.807) is 6.07 Å². The first-order valence-electron chi connectivity index (χ1n) is 10.6. The Hall–Kier alpha value is -2.99. The van der Waals surface area contributed by atoms with Crippen LogP contribution in [0, 0.1) is 0 Å². The predicted octanol–water partition coefficient (Wildman–Crippen LogP) is 2.98. The van der Waals surface area contributed by atoms with Crippen LogP contribution in [-0.2, 0) is 11.3 Å². The van der Waals surface area contributed by atoms with E-state index in [9.17, 15) is 9.59 Å². The average Bonchev–Trinajstić information content (AvgIpc) is 2.77. The molecule has 2 aliphatic heterocycles. The standard InChI is InChI=1S/C24H28N4O2/c1-17-10-11-22(23(29)25-17)27-24(30)21-9-5-8-20(26-21)19-12-14-28(15-13-19)16-18-6-3-2-4-7-18/h2-9,19,22H,1,10-16H2,(H,25,29)(H,27,30). The van der Waals surface area contributed by atoms with Gasteiger partial charge < -0.3 is 10.6 Å². The number of aromatic nitrogens is 1. The molecule has 2 saturated heterocycles. The fourth-order valence-electron chi connectivity index (χ4n) is 4.18. The summed E-state index contributed by atoms with van der Waals surface area (Å²) in [6.07, 6.45) is 3.29. The molecule has 1 atom stereocenters. The molecule has 2 aromatic rings. The Labute approximate surface area is 177 Å². The van der Waals surface area contributed by atoms with Gasteiger partial charge in [0.2, 0.25) is 5.91 Å². The highest BCUT2D eigenvalue weighted by Gasteiger charge is 2.27. The lowest BCUT2D eigenvalue weighted by Crippen LogP contribution is -2.49. The summed E-state index contributed by atoms with van der Waals surface area (Å²) in [6.45, 7) is 6.77. The van der Waals surface area contributed by atoms with Crippen molar-refractivity contribution < 1.29 is 9.59 Å². The molecule has 1 unspecified atom stereocenters. The van der Waals surface area contributed by atoms with Crippen LogP contribution in [0.4, 0.5) is 0 Å². The fourth-order valence-corrected chi connectivity index (χ4v) is 4.18. The van der Waals surface area contributed by atoms with Gasteiger partial charge in [-0.3, -0.25) is 14.5 Å². The molecule has 0 saturated carbocycles. The zero-order chi connectivity index (χ0) is 20.9. The molecule has 1 aromatic carbocycles. The molecule has 0 radical (unpaired) electrons. The summed E-state index contributed by atoms with van der Waals surface area (Å²) in [6, 6.07) is 15.6. The third kappa shape index (κ3) is 4.94. The van der Waals surface area contributed by atoms with Crippen molar-refractivity contribution in [2.75, 3.05) is 13.1 Å². The monoisotopic (exact) mass is 404 g/mol. The number of pyridine rings is 1. The lowest BCUT2D eigenvalue weighted by atomic mass is 9.92. The highest BCUT2D eigenvalue weighted by Crippen LogP contribution is 2.27. The second-order valence-electron chi connectivity index (χ2n) is 8.14. The molecule has 3 heterocycles. The molecule has 30 heavy (non-hydrogen) atoms. The van der Waals surface area contributed by atoms with Gasteiger partial charge in [0.1, 0.15) is 11.7 Å². The largest absolute Gasteiger partial charge is 0.339 e. The van der Waals surface area contributed by atoms with Gasteiger partial charge in [-0.15, -0.1) is 0 Å². The van der Waals surface area contributed by atoms with Gasteiger partial charge in [0.15, 0.2) is 0 Å². The van der Waals surface area contributed by atoms with Gasteiger partial charge in [0.25, 0.3) is 5.91 Å². The van der Waals surface area contributed by atoms with Crippen LogP contribution in [0.5, 0.6) is 0 Å². The first-order chi connectivity index (χ1) is 14.6. The van der Waals surface area contributed by atoms with Crippen LogP contribution in [0.3, 0.4) is 0 Å². The topological polar surface area (TPSA) is 74.3 Å². The molecule has 0 spiro atoms. The first-order valence-corrected chi connectivity index (χ1v) is 10.6. The zero-order valence-electron chi connectivity index (χ0n) is 17.1. The van der Waals surface area contributed by atoms with Gasteiger partial charge in [-0.1, -0.05) is 43.0 Å². The molecule has 1 aromatic heterocycles. The third-order valence-corrected chi connectivity index (χ3v) is 5.91. The Bertz CT molecular complexity index is 920. The van der Waals surface area contributed by atoms with E-state index in [2.05, 4.69) is 51.4 Å². The van der Waals surface area contributed by atoms with E-state index in [-0.39, 0.29) is 11.8 Å². The Morgan fingerprint density at radius 2 is 1.87 bits per heavy atom. The Balaban J connectivity index is 1.34. The lowest BCUT2D eigenvalue weighted by molar-refractivity contribution is -0.123. The number of amides is 2. The molecule has 0 aliphatic carbocycles. The van der Waals surface area contributed by atoms with Crippen molar-refractivity contribution in [3.8, 4) is 0 Å². The number of benzene rings is 1. The number of piperidine rings is 2. The molecule has 2 aliphatic rings. The fraction of sp³-hybridized carbons (Fsp3) is 0.375. The van der Waals surface area contributed by atoms with E-state index in [1.807, 2.05) is 18.2 Å². The Morgan fingerprint density at radius 3 is 2.60 bits per heavy atom. The Kier molecular flexibility index (Phi) is 6.23. The minimum Gasteiger partial charge on any atom is -0.339 e. The summed E-state index contributed by atoms with van der Waals surface area (Å²) in [7, 11) is 0. The van der Waals surface area contributed by atoms with Crippen LogP contribution in [0.25, 0.3) is 0 Å². The minimum atomic E-state index is -0.533. The first kappa shape index (κ1) is 20.3. The molecule has 6 heteroatoms. The number of carbonyl (C=O) groups excluding carboxylic acids is 2. The minimum absolute atomic E-state index is 0.207. The van der Waals surface area contributed by atoms with Crippen molar-refractivity contribution in [3.63, 3.8) is 0 Å². The molecular formula is C24H28N4O2. The van der Waals surface area contributed by atoms with Crippen LogP contribution in [-0.4, -0.2) is 40.8 Å². The summed E-state index contributed by atoms with van der Waals surface area (Å²) >= 11 is 0. The van der Waals surface area contributed by atoms with Gasteiger partial charge in [-0.05, 0) is 56.5 Å². The summed E-state index contributed by atoms with van der Waals surface area (Å²) in [5, 5.41) is 5.50. The van der Waals surface area contributed by atoms with Crippen LogP contribution in [0.1, 0.15) is 53.3 Å². The van der Waals surface area contributed by atoms with Crippen LogP contribution < -0.4 is 10.6 Å². The van der Waals surface area contributed by atoms with Crippen LogP contribution in [0.15, 0.2) is 60.8 Å². The van der Waals surface area contributed by atoms with Gasteiger partial charge >= 0.3 is 0 Å². The molecule has 2 amide bonds. The van der Waals surface area contributed by atoms with Crippen molar-refractivity contribution in [1.82, 2.24) is 20.5 Å². The number of nitrogens with zero attached hydrogens (tertiary/aromatic N) is 2. The molecule has 2 N–H and O–H groups in total. The summed E-state index contributed by atoms with van der Waals surface area (Å²) in [5.74, 6) is -0.154. The Morgan fingerprint density at radius 1 is 1.10 bits per heavy atom. The van der Waals surface area contributed by atoms with E-state index in [1.165, 1.54) is 5.56 Å². The maximum absolute atomic E-state index is 12.6. The van der Waals surface area contributed by atoms with Gasteiger partial charge in [0.05, 0.1) is 0 Å². The summed E-state index contributed by atoms with van der Waals surface area (Å²) in [4.78, 5) is 31.8. The molecule has 4 rings (SSSR count). The molecular weight excluding hydrogens is 376 g/mol. The average molecular weight is 405 g/mol. The summed E-state index contributed by atoms with van der Waals surface area (Å²) < 4.78 is 0. The zero-order valence-corrected chi connectivity index (χ0v) is 17.1. The maximum atomic E-state index is 12.6. The molecule has 156 valence electrons. The van der Waals surface area contributed by atoms with Gasteiger partial charge in [-0.25, -0.2) is 4.98 Å². The molecule has 2 fully saturated rings. The van der Waals surface area contributed by atoms with Crippen molar-refractivity contribution in [2.24, 2.45) is 0 Å². The highest BCUT2D eigenvalue weighted by molar-refractivity contribution is 5.96. The highest BCUT2D eigenvalue weighted by atomic mass is 16.2. The van der Waals surface area contributed by atoms with E-state index in [0.29, 0.717) is 30.2 Å². The van der Waals surface area contributed by atoms with Crippen LogP contribution in [0.2, 0.25) is 0 Å². The second-order valence-corrected chi connectivity index (χ2v) is 8.14. The lowest BCUT2D eigenvalue weighted by Gasteiger charge is -2.31. The summed E-state index contributed by atoms with van der Waals surface area (Å²) in [5.41, 5.74) is 3.37. The van der Waals surface area contributed by atoms with Crippen molar-refractivity contribution in [3.05, 3.63) is 77.8 Å². The SMILES string of the molecule is C=C1CCC(NC(=O)c2cccc(C3CCN(Cc4ccccc4)CC3)n2)C(=O)N1. The van der Waals surface area contributed by atoms with Crippen molar-refractivity contribution in [1.29, 1.82) is 0 Å². The van der Waals surface area contributed by atoms with E-state index >= 15 is 0 Å². The number of nitrogens with one attached hydrogen (secondary N) is 2. The predicted molar refractivity (Wildman–Crippen MR) is 116 cm³/mol. The number of allylic oxidation sites excluding steroid dienone is 1. The maximum Gasteiger partial charge on any atom is 0.270 e. The quantitative estimate of drug-likeness (QED) is 0.804. The number of hydrogen-bond acceptors (Lipinski definition) is 4. The number of rotatable bonds is 5. The normalized spacial score (nSPS) is 20.6. The smallest absolute Gasteiger partial charge is 0.270 e. The van der Waals surface area contributed by atoms with Crippen molar-refractivity contribution >= 4 is 11.8 Å². The van der Waals surface area contributed by atoms with Crippen LogP contribution >= 0.6 is 0 Å². The van der Waals surface area contributed by atoms with Gasteiger partial charge in [0, 0.05) is 23.9 Å². The van der Waals surface area contributed by atoms with Crippen molar-refractivity contribution in [2.45, 2.75) is 44.2 Å². The van der Waals surface area contributed by atoms with Gasteiger partial charge in [-0.2, -0.15) is 0 Å². The van der Waals surface area contributed by atoms with E-state index in [0.717, 1.165) is 38.2 Å². The van der Waals surface area contributed by atoms with E-state index in [4.69, 9.17) is 0 Å².